The molecule has 0 spiro atoms. The van der Waals surface area contributed by atoms with Crippen molar-refractivity contribution in [3.8, 4) is 5.75 Å². The van der Waals surface area contributed by atoms with Gasteiger partial charge in [0, 0.05) is 0 Å². The highest BCUT2D eigenvalue weighted by atomic mass is 16.5. The number of ether oxygens (including phenoxy) is 1. The summed E-state index contributed by atoms with van der Waals surface area (Å²) in [5, 5.41) is 0. The molecule has 0 aliphatic rings. The summed E-state index contributed by atoms with van der Waals surface area (Å²) in [6.07, 6.45) is 7.90. The van der Waals surface area contributed by atoms with E-state index in [9.17, 15) is 0 Å². The van der Waals surface area contributed by atoms with Crippen LogP contribution in [0.25, 0.3) is 0 Å². The Balaban J connectivity index is 2.26. The van der Waals surface area contributed by atoms with Crippen molar-refractivity contribution in [3.63, 3.8) is 0 Å². The van der Waals surface area contributed by atoms with Gasteiger partial charge in [-0.2, -0.15) is 0 Å². The van der Waals surface area contributed by atoms with Crippen molar-refractivity contribution < 1.29 is 4.74 Å². The Morgan fingerprint density at radius 1 is 1.06 bits per heavy atom. The summed E-state index contributed by atoms with van der Waals surface area (Å²) >= 11 is 0. The molecule has 0 heterocycles. The van der Waals surface area contributed by atoms with E-state index < -0.39 is 0 Å². The molecule has 18 heavy (non-hydrogen) atoms. The predicted molar refractivity (Wildman–Crippen MR) is 79.0 cm³/mol. The first-order valence-corrected chi connectivity index (χ1v) is 6.71. The Bertz CT molecular complexity index is 387. The SMILES string of the molecule is CC/C(C)=C\CC/C(C)=C/COc1ccccc1. The second kappa shape index (κ2) is 8.57. The van der Waals surface area contributed by atoms with E-state index in [-0.39, 0.29) is 0 Å². The van der Waals surface area contributed by atoms with E-state index in [1.54, 1.807) is 0 Å². The second-order valence-electron chi connectivity index (χ2n) is 4.62. The molecule has 98 valence electrons. The molecule has 0 bridgehead atoms. The van der Waals surface area contributed by atoms with Gasteiger partial charge in [0.15, 0.2) is 0 Å². The van der Waals surface area contributed by atoms with Crippen LogP contribution in [0.3, 0.4) is 0 Å². The van der Waals surface area contributed by atoms with Crippen LogP contribution in [0.1, 0.15) is 40.0 Å². The molecule has 1 nitrogen and oxygen atoms in total. The van der Waals surface area contributed by atoms with Crippen LogP contribution in [-0.4, -0.2) is 6.61 Å². The zero-order valence-corrected chi connectivity index (χ0v) is 11.8. The predicted octanol–water partition coefficient (Wildman–Crippen LogP) is 5.15. The minimum absolute atomic E-state index is 0.659. The largest absolute Gasteiger partial charge is 0.490 e. The molecule has 0 N–H and O–H groups in total. The lowest BCUT2D eigenvalue weighted by Crippen LogP contribution is -1.94. The highest BCUT2D eigenvalue weighted by Crippen LogP contribution is 2.10. The molecule has 0 atom stereocenters. The number of benzene rings is 1. The summed E-state index contributed by atoms with van der Waals surface area (Å²) in [6, 6.07) is 9.94. The van der Waals surface area contributed by atoms with Crippen LogP contribution < -0.4 is 4.74 Å². The van der Waals surface area contributed by atoms with E-state index in [1.165, 1.54) is 11.1 Å². The van der Waals surface area contributed by atoms with E-state index >= 15 is 0 Å². The lowest BCUT2D eigenvalue weighted by atomic mass is 10.1. The molecule has 0 aliphatic heterocycles. The number of para-hydroxylation sites is 1. The van der Waals surface area contributed by atoms with E-state index in [2.05, 4.69) is 32.9 Å². The monoisotopic (exact) mass is 244 g/mol. The average molecular weight is 244 g/mol. The van der Waals surface area contributed by atoms with Crippen molar-refractivity contribution >= 4 is 0 Å². The van der Waals surface area contributed by atoms with Gasteiger partial charge in [0.25, 0.3) is 0 Å². The summed E-state index contributed by atoms with van der Waals surface area (Å²) in [4.78, 5) is 0. The van der Waals surface area contributed by atoms with Gasteiger partial charge in [0.05, 0.1) is 0 Å². The fourth-order valence-electron chi connectivity index (χ4n) is 1.59. The fraction of sp³-hybridized carbons (Fsp3) is 0.412. The quantitative estimate of drug-likeness (QED) is 0.603. The van der Waals surface area contributed by atoms with E-state index in [0.717, 1.165) is 25.0 Å². The van der Waals surface area contributed by atoms with Crippen LogP contribution in [0.5, 0.6) is 5.75 Å². The number of hydrogen-bond donors (Lipinski definition) is 0. The van der Waals surface area contributed by atoms with Gasteiger partial charge in [-0.25, -0.2) is 0 Å². The number of hydrogen-bond acceptors (Lipinski definition) is 1. The Labute approximate surface area is 111 Å². The molecule has 0 saturated carbocycles. The molecule has 1 aromatic carbocycles. The van der Waals surface area contributed by atoms with Gasteiger partial charge in [0.2, 0.25) is 0 Å². The summed E-state index contributed by atoms with van der Waals surface area (Å²) in [5.74, 6) is 0.934. The summed E-state index contributed by atoms with van der Waals surface area (Å²) in [7, 11) is 0. The van der Waals surface area contributed by atoms with E-state index in [4.69, 9.17) is 4.74 Å². The second-order valence-corrected chi connectivity index (χ2v) is 4.62. The van der Waals surface area contributed by atoms with Crippen LogP contribution in [-0.2, 0) is 0 Å². The molecule has 0 radical (unpaired) electrons. The highest BCUT2D eigenvalue weighted by Gasteiger charge is 1.92. The Morgan fingerprint density at radius 2 is 1.78 bits per heavy atom. The standard InChI is InChI=1S/C17H24O/c1-4-15(2)9-8-10-16(3)13-14-18-17-11-6-5-7-12-17/h5-7,9,11-13H,4,8,10,14H2,1-3H3/b15-9-,16-13+. The normalized spacial score (nSPS) is 12.6. The highest BCUT2D eigenvalue weighted by molar-refractivity contribution is 5.21. The minimum Gasteiger partial charge on any atom is -0.490 e. The Kier molecular flexibility index (Phi) is 6.93. The van der Waals surface area contributed by atoms with Gasteiger partial charge in [-0.1, -0.05) is 42.3 Å². The van der Waals surface area contributed by atoms with E-state index in [1.807, 2.05) is 30.3 Å². The van der Waals surface area contributed by atoms with Crippen LogP contribution in [0.15, 0.2) is 53.6 Å². The van der Waals surface area contributed by atoms with Gasteiger partial charge < -0.3 is 4.74 Å². The minimum atomic E-state index is 0.659. The maximum Gasteiger partial charge on any atom is 0.119 e. The van der Waals surface area contributed by atoms with Crippen LogP contribution >= 0.6 is 0 Å². The molecular formula is C17H24O. The molecule has 0 aromatic heterocycles. The fourth-order valence-corrected chi connectivity index (χ4v) is 1.59. The molecule has 0 saturated heterocycles. The number of rotatable bonds is 7. The lowest BCUT2D eigenvalue weighted by Gasteiger charge is -2.04. The summed E-state index contributed by atoms with van der Waals surface area (Å²) < 4.78 is 5.63. The summed E-state index contributed by atoms with van der Waals surface area (Å²) in [6.45, 7) is 7.22. The third kappa shape index (κ3) is 6.29. The summed E-state index contributed by atoms with van der Waals surface area (Å²) in [5.41, 5.74) is 2.87. The van der Waals surface area contributed by atoms with Crippen molar-refractivity contribution in [2.45, 2.75) is 40.0 Å². The smallest absolute Gasteiger partial charge is 0.119 e. The van der Waals surface area contributed by atoms with Crippen molar-refractivity contribution in [2.75, 3.05) is 6.61 Å². The maximum absolute atomic E-state index is 5.63. The molecule has 0 fully saturated rings. The molecular weight excluding hydrogens is 220 g/mol. The third-order valence-electron chi connectivity index (χ3n) is 3.01. The maximum atomic E-state index is 5.63. The van der Waals surface area contributed by atoms with Crippen molar-refractivity contribution in [3.05, 3.63) is 53.6 Å². The van der Waals surface area contributed by atoms with Gasteiger partial charge >= 0.3 is 0 Å². The third-order valence-corrected chi connectivity index (χ3v) is 3.01. The Morgan fingerprint density at radius 3 is 2.44 bits per heavy atom. The molecule has 1 rings (SSSR count). The molecule has 0 unspecified atom stereocenters. The van der Waals surface area contributed by atoms with Gasteiger partial charge in [-0.05, 0) is 51.3 Å². The molecule has 0 aliphatic carbocycles. The first kappa shape index (κ1) is 14.6. The molecule has 0 amide bonds. The zero-order valence-electron chi connectivity index (χ0n) is 11.8. The first-order chi connectivity index (χ1) is 8.72. The van der Waals surface area contributed by atoms with Crippen LogP contribution in [0, 0.1) is 0 Å². The first-order valence-electron chi connectivity index (χ1n) is 6.71. The van der Waals surface area contributed by atoms with Crippen molar-refractivity contribution in [2.24, 2.45) is 0 Å². The molecule has 1 aromatic rings. The Hall–Kier alpha value is -1.50. The average Bonchev–Trinajstić information content (AvgIpc) is 2.39. The van der Waals surface area contributed by atoms with Gasteiger partial charge in [-0.3, -0.25) is 0 Å². The van der Waals surface area contributed by atoms with Crippen molar-refractivity contribution in [1.29, 1.82) is 0 Å². The van der Waals surface area contributed by atoms with Crippen LogP contribution in [0.4, 0.5) is 0 Å². The zero-order chi connectivity index (χ0) is 13.2. The van der Waals surface area contributed by atoms with Gasteiger partial charge in [-0.15, -0.1) is 0 Å². The van der Waals surface area contributed by atoms with Crippen LogP contribution in [0.2, 0.25) is 0 Å². The van der Waals surface area contributed by atoms with Gasteiger partial charge in [0.1, 0.15) is 12.4 Å². The number of allylic oxidation sites excluding steroid dienone is 3. The molecule has 1 heteroatoms. The van der Waals surface area contributed by atoms with E-state index in [0.29, 0.717) is 6.61 Å². The topological polar surface area (TPSA) is 9.23 Å². The van der Waals surface area contributed by atoms with Crippen molar-refractivity contribution in [1.82, 2.24) is 0 Å². The lowest BCUT2D eigenvalue weighted by molar-refractivity contribution is 0.361.